The van der Waals surface area contributed by atoms with Crippen LogP contribution in [0.4, 0.5) is 17.6 Å². The van der Waals surface area contributed by atoms with Crippen molar-refractivity contribution in [3.63, 3.8) is 0 Å². The van der Waals surface area contributed by atoms with Crippen molar-refractivity contribution in [2.24, 2.45) is 0 Å². The van der Waals surface area contributed by atoms with Crippen molar-refractivity contribution in [2.45, 2.75) is 19.1 Å². The van der Waals surface area contributed by atoms with Crippen LogP contribution in [-0.2, 0) is 6.54 Å². The van der Waals surface area contributed by atoms with Gasteiger partial charge in [-0.15, -0.1) is 12.4 Å². The standard InChI is InChI=1S/C10H11F4N.ClH/c11-9-3-1-8(2-4-9)7-15-6-5-10(12,13)14;/h1-4,15H,5-7H2;1H. The minimum atomic E-state index is -4.13. The van der Waals surface area contributed by atoms with E-state index in [2.05, 4.69) is 5.32 Å². The smallest absolute Gasteiger partial charge is 0.312 e. The minimum Gasteiger partial charge on any atom is -0.312 e. The Balaban J connectivity index is 0.00000225. The van der Waals surface area contributed by atoms with Gasteiger partial charge in [0.1, 0.15) is 5.82 Å². The Hall–Kier alpha value is -0.810. The van der Waals surface area contributed by atoms with E-state index in [1.54, 1.807) is 0 Å². The molecule has 0 aromatic heterocycles. The lowest BCUT2D eigenvalue weighted by Gasteiger charge is -2.07. The fourth-order valence-electron chi connectivity index (χ4n) is 1.07. The lowest BCUT2D eigenvalue weighted by Crippen LogP contribution is -2.21. The van der Waals surface area contributed by atoms with Crippen LogP contribution in [0, 0.1) is 5.82 Å². The summed E-state index contributed by atoms with van der Waals surface area (Å²) >= 11 is 0. The molecule has 0 unspecified atom stereocenters. The molecule has 0 spiro atoms. The van der Waals surface area contributed by atoms with Crippen LogP contribution in [0.15, 0.2) is 24.3 Å². The number of benzene rings is 1. The Kier molecular flexibility index (Phi) is 6.36. The van der Waals surface area contributed by atoms with Gasteiger partial charge in [0, 0.05) is 13.1 Å². The van der Waals surface area contributed by atoms with Crippen LogP contribution in [0.5, 0.6) is 0 Å². The number of halogens is 5. The van der Waals surface area contributed by atoms with E-state index in [4.69, 9.17) is 0 Å². The van der Waals surface area contributed by atoms with Gasteiger partial charge in [-0.2, -0.15) is 13.2 Å². The van der Waals surface area contributed by atoms with E-state index in [0.29, 0.717) is 6.54 Å². The van der Waals surface area contributed by atoms with Crippen molar-refractivity contribution in [3.8, 4) is 0 Å². The molecule has 0 saturated carbocycles. The first kappa shape index (κ1) is 15.2. The SMILES string of the molecule is Cl.Fc1ccc(CNCCC(F)(F)F)cc1. The Morgan fingerprint density at radius 3 is 2.12 bits per heavy atom. The maximum Gasteiger partial charge on any atom is 0.390 e. The van der Waals surface area contributed by atoms with Crippen LogP contribution in [0.25, 0.3) is 0 Å². The van der Waals surface area contributed by atoms with Gasteiger partial charge in [0.15, 0.2) is 0 Å². The van der Waals surface area contributed by atoms with E-state index in [1.807, 2.05) is 0 Å². The monoisotopic (exact) mass is 257 g/mol. The molecule has 16 heavy (non-hydrogen) atoms. The van der Waals surface area contributed by atoms with Gasteiger partial charge >= 0.3 is 6.18 Å². The van der Waals surface area contributed by atoms with Gasteiger partial charge in [0.25, 0.3) is 0 Å². The summed E-state index contributed by atoms with van der Waals surface area (Å²) in [5.74, 6) is -0.353. The highest BCUT2D eigenvalue weighted by Gasteiger charge is 2.25. The van der Waals surface area contributed by atoms with E-state index in [-0.39, 0.29) is 24.8 Å². The molecule has 1 rings (SSSR count). The highest BCUT2D eigenvalue weighted by Crippen LogP contribution is 2.18. The van der Waals surface area contributed by atoms with Crippen molar-refractivity contribution in [1.82, 2.24) is 5.32 Å². The van der Waals surface area contributed by atoms with E-state index >= 15 is 0 Å². The normalized spacial score (nSPS) is 11.0. The zero-order valence-electron chi connectivity index (χ0n) is 8.35. The van der Waals surface area contributed by atoms with Gasteiger partial charge in [-0.05, 0) is 17.7 Å². The molecule has 1 aromatic carbocycles. The van der Waals surface area contributed by atoms with Crippen LogP contribution in [0.3, 0.4) is 0 Å². The van der Waals surface area contributed by atoms with Crippen molar-refractivity contribution in [3.05, 3.63) is 35.6 Å². The summed E-state index contributed by atoms with van der Waals surface area (Å²) in [5.41, 5.74) is 0.763. The molecule has 0 aliphatic heterocycles. The lowest BCUT2D eigenvalue weighted by molar-refractivity contribution is -0.133. The van der Waals surface area contributed by atoms with E-state index in [9.17, 15) is 17.6 Å². The second-order valence-electron chi connectivity index (χ2n) is 3.17. The van der Waals surface area contributed by atoms with Gasteiger partial charge in [-0.3, -0.25) is 0 Å². The Morgan fingerprint density at radius 2 is 1.62 bits per heavy atom. The highest BCUT2D eigenvalue weighted by atomic mass is 35.5. The van der Waals surface area contributed by atoms with Crippen molar-refractivity contribution >= 4 is 12.4 Å². The highest BCUT2D eigenvalue weighted by molar-refractivity contribution is 5.85. The number of hydrogen-bond acceptors (Lipinski definition) is 1. The quantitative estimate of drug-likeness (QED) is 0.645. The molecule has 6 heteroatoms. The molecule has 1 N–H and O–H groups in total. The molecular formula is C10H12ClF4N. The molecule has 0 atom stereocenters. The molecule has 0 aliphatic carbocycles. The summed E-state index contributed by atoms with van der Waals surface area (Å²) in [6.07, 6.45) is -4.98. The molecule has 0 aliphatic rings. The van der Waals surface area contributed by atoms with Gasteiger partial charge < -0.3 is 5.32 Å². The summed E-state index contributed by atoms with van der Waals surface area (Å²) in [7, 11) is 0. The van der Waals surface area contributed by atoms with Crippen LogP contribution in [-0.4, -0.2) is 12.7 Å². The summed E-state index contributed by atoms with van der Waals surface area (Å²) in [6.45, 7) is 0.192. The molecule has 0 heterocycles. The molecule has 0 radical (unpaired) electrons. The first-order chi connectivity index (χ1) is 6.97. The molecule has 92 valence electrons. The molecule has 1 nitrogen and oxygen atoms in total. The third kappa shape index (κ3) is 6.63. The van der Waals surface area contributed by atoms with Crippen LogP contribution >= 0.6 is 12.4 Å². The van der Waals surface area contributed by atoms with Crippen LogP contribution < -0.4 is 5.32 Å². The van der Waals surface area contributed by atoms with E-state index in [0.717, 1.165) is 5.56 Å². The molecule has 0 bridgehead atoms. The Labute approximate surface area is 97.3 Å². The second kappa shape index (κ2) is 6.70. The van der Waals surface area contributed by atoms with E-state index in [1.165, 1.54) is 24.3 Å². The first-order valence-corrected chi connectivity index (χ1v) is 4.49. The third-order valence-corrected chi connectivity index (χ3v) is 1.83. The summed E-state index contributed by atoms with van der Waals surface area (Å²) in [4.78, 5) is 0. The van der Waals surface area contributed by atoms with Crippen molar-refractivity contribution in [1.29, 1.82) is 0 Å². The van der Waals surface area contributed by atoms with E-state index < -0.39 is 12.6 Å². The molecule has 0 amide bonds. The molecule has 0 saturated heterocycles. The average molecular weight is 258 g/mol. The number of rotatable bonds is 4. The van der Waals surface area contributed by atoms with Crippen molar-refractivity contribution in [2.75, 3.05) is 6.54 Å². The molecule has 0 fully saturated rings. The number of alkyl halides is 3. The predicted octanol–water partition coefficient (Wildman–Crippen LogP) is 3.29. The van der Waals surface area contributed by atoms with Crippen molar-refractivity contribution < 1.29 is 17.6 Å². The minimum absolute atomic E-state index is 0. The third-order valence-electron chi connectivity index (χ3n) is 1.83. The predicted molar refractivity (Wildman–Crippen MR) is 56.0 cm³/mol. The average Bonchev–Trinajstić information content (AvgIpc) is 2.14. The number of hydrogen-bond donors (Lipinski definition) is 1. The zero-order chi connectivity index (χ0) is 11.3. The summed E-state index contributed by atoms with van der Waals surface area (Å²) in [5, 5.41) is 2.64. The fraction of sp³-hybridized carbons (Fsp3) is 0.400. The largest absolute Gasteiger partial charge is 0.390 e. The van der Waals surface area contributed by atoms with Gasteiger partial charge in [0.05, 0.1) is 6.42 Å². The van der Waals surface area contributed by atoms with Crippen LogP contribution in [0.2, 0.25) is 0 Å². The maximum absolute atomic E-state index is 12.5. The molecule has 1 aromatic rings. The van der Waals surface area contributed by atoms with Gasteiger partial charge in [-0.25, -0.2) is 4.39 Å². The van der Waals surface area contributed by atoms with Gasteiger partial charge in [-0.1, -0.05) is 12.1 Å². The van der Waals surface area contributed by atoms with Gasteiger partial charge in [0.2, 0.25) is 0 Å². The number of nitrogens with one attached hydrogen (secondary N) is 1. The lowest BCUT2D eigenvalue weighted by atomic mass is 10.2. The first-order valence-electron chi connectivity index (χ1n) is 4.49. The summed E-state index contributed by atoms with van der Waals surface area (Å²) in [6, 6.07) is 5.63. The zero-order valence-corrected chi connectivity index (χ0v) is 9.17. The Morgan fingerprint density at radius 1 is 1.06 bits per heavy atom. The summed E-state index contributed by atoms with van der Waals surface area (Å²) < 4.78 is 47.7. The second-order valence-corrected chi connectivity index (χ2v) is 3.17. The van der Waals surface area contributed by atoms with Crippen LogP contribution in [0.1, 0.15) is 12.0 Å². The Bertz CT molecular complexity index is 297. The maximum atomic E-state index is 12.5. The molecular weight excluding hydrogens is 246 g/mol. The fourth-order valence-corrected chi connectivity index (χ4v) is 1.07. The topological polar surface area (TPSA) is 12.0 Å².